The molecule has 1 saturated heterocycles. The molecule has 1 fully saturated rings. The molecule has 2 aromatic rings. The Morgan fingerprint density at radius 3 is 2.50 bits per heavy atom. The van der Waals surface area contributed by atoms with Crippen molar-refractivity contribution in [3.8, 4) is 0 Å². The number of rotatable bonds is 4. The maximum atomic E-state index is 13.2. The quantitative estimate of drug-likeness (QED) is 0.858. The highest BCUT2D eigenvalue weighted by Gasteiger charge is 2.28. The lowest BCUT2D eigenvalue weighted by Gasteiger charge is -2.33. The molecule has 0 unspecified atom stereocenters. The Balaban J connectivity index is 1.65. The van der Waals surface area contributed by atoms with E-state index in [2.05, 4.69) is 11.0 Å². The predicted molar refractivity (Wildman–Crippen MR) is 84.8 cm³/mol. The fourth-order valence-corrected chi connectivity index (χ4v) is 4.73. The number of benzene rings is 1. The van der Waals surface area contributed by atoms with Gasteiger partial charge in [0.25, 0.3) is 0 Å². The molecule has 1 aromatic carbocycles. The van der Waals surface area contributed by atoms with E-state index in [1.807, 2.05) is 11.4 Å². The van der Waals surface area contributed by atoms with E-state index < -0.39 is 15.8 Å². The smallest absolute Gasteiger partial charge is 0.243 e. The van der Waals surface area contributed by atoms with E-state index in [4.69, 9.17) is 0 Å². The Labute approximate surface area is 133 Å². The van der Waals surface area contributed by atoms with Gasteiger partial charge in [-0.2, -0.15) is 4.31 Å². The summed E-state index contributed by atoms with van der Waals surface area (Å²) in [5.41, 5.74) is 0. The van der Waals surface area contributed by atoms with Gasteiger partial charge < -0.3 is 0 Å². The molecule has 0 saturated carbocycles. The van der Waals surface area contributed by atoms with Crippen LogP contribution >= 0.6 is 11.3 Å². The molecule has 0 bridgehead atoms. The molecule has 118 valence electrons. The third-order valence-electron chi connectivity index (χ3n) is 3.72. The summed E-state index contributed by atoms with van der Waals surface area (Å²) >= 11 is 1.71. The molecular formula is C15H17FN2O2S2. The number of halogens is 1. The SMILES string of the molecule is O=S(=O)(c1cccc(F)c1)N1CCN(Cc2cccs2)CC1. The number of nitrogens with zero attached hydrogens (tertiary/aromatic N) is 2. The van der Waals surface area contributed by atoms with Gasteiger partial charge >= 0.3 is 0 Å². The van der Waals surface area contributed by atoms with Crippen LogP contribution in [0.15, 0.2) is 46.7 Å². The van der Waals surface area contributed by atoms with Crippen LogP contribution < -0.4 is 0 Å². The molecular weight excluding hydrogens is 323 g/mol. The third kappa shape index (κ3) is 3.38. The molecule has 0 spiro atoms. The highest BCUT2D eigenvalue weighted by molar-refractivity contribution is 7.89. The molecule has 0 amide bonds. The summed E-state index contributed by atoms with van der Waals surface area (Å²) in [6.07, 6.45) is 0. The highest BCUT2D eigenvalue weighted by atomic mass is 32.2. The first kappa shape index (κ1) is 15.6. The first-order valence-electron chi connectivity index (χ1n) is 7.06. The van der Waals surface area contributed by atoms with E-state index in [1.165, 1.54) is 27.4 Å². The van der Waals surface area contributed by atoms with Crippen molar-refractivity contribution in [3.63, 3.8) is 0 Å². The van der Waals surface area contributed by atoms with Gasteiger partial charge in [0.15, 0.2) is 0 Å². The minimum Gasteiger partial charge on any atom is -0.296 e. The second kappa shape index (κ2) is 6.45. The fraction of sp³-hybridized carbons (Fsp3) is 0.333. The number of hydrogen-bond donors (Lipinski definition) is 0. The van der Waals surface area contributed by atoms with Crippen molar-refractivity contribution >= 4 is 21.4 Å². The summed E-state index contributed by atoms with van der Waals surface area (Å²) in [5, 5.41) is 2.04. The van der Waals surface area contributed by atoms with E-state index in [9.17, 15) is 12.8 Å². The third-order valence-corrected chi connectivity index (χ3v) is 6.48. The minimum atomic E-state index is -3.60. The Kier molecular flexibility index (Phi) is 4.58. The summed E-state index contributed by atoms with van der Waals surface area (Å²) in [6.45, 7) is 3.10. The van der Waals surface area contributed by atoms with Gasteiger partial charge in [-0.1, -0.05) is 12.1 Å². The summed E-state index contributed by atoms with van der Waals surface area (Å²) < 4.78 is 39.7. The lowest BCUT2D eigenvalue weighted by atomic mass is 10.3. The zero-order valence-electron chi connectivity index (χ0n) is 12.0. The van der Waals surface area contributed by atoms with E-state index in [-0.39, 0.29) is 4.90 Å². The summed E-state index contributed by atoms with van der Waals surface area (Å²) in [4.78, 5) is 3.55. The lowest BCUT2D eigenvalue weighted by molar-refractivity contribution is 0.183. The fourth-order valence-electron chi connectivity index (χ4n) is 2.53. The van der Waals surface area contributed by atoms with E-state index in [0.717, 1.165) is 12.6 Å². The standard InChI is InChI=1S/C15H17FN2O2S2/c16-13-3-1-5-15(11-13)22(19,20)18-8-6-17(7-9-18)12-14-4-2-10-21-14/h1-5,10-11H,6-9,12H2. The second-order valence-corrected chi connectivity index (χ2v) is 8.19. The molecule has 0 atom stereocenters. The zero-order valence-corrected chi connectivity index (χ0v) is 13.6. The molecule has 1 aliphatic heterocycles. The average Bonchev–Trinajstić information content (AvgIpc) is 3.01. The Bertz CT molecular complexity index is 724. The van der Waals surface area contributed by atoms with Crippen LogP contribution in [0.25, 0.3) is 0 Å². The number of thiophene rings is 1. The van der Waals surface area contributed by atoms with Gasteiger partial charge in [0.2, 0.25) is 10.0 Å². The van der Waals surface area contributed by atoms with Crippen LogP contribution in [-0.2, 0) is 16.6 Å². The monoisotopic (exact) mass is 340 g/mol. The first-order valence-corrected chi connectivity index (χ1v) is 9.38. The van der Waals surface area contributed by atoms with Gasteiger partial charge in [-0.25, -0.2) is 12.8 Å². The van der Waals surface area contributed by atoms with Crippen LogP contribution in [0, 0.1) is 5.82 Å². The van der Waals surface area contributed by atoms with Crippen molar-refractivity contribution in [2.75, 3.05) is 26.2 Å². The largest absolute Gasteiger partial charge is 0.296 e. The van der Waals surface area contributed by atoms with Gasteiger partial charge in [-0.05, 0) is 29.6 Å². The topological polar surface area (TPSA) is 40.6 Å². The van der Waals surface area contributed by atoms with Crippen molar-refractivity contribution in [2.45, 2.75) is 11.4 Å². The molecule has 2 heterocycles. The first-order chi connectivity index (χ1) is 10.6. The average molecular weight is 340 g/mol. The Hall–Kier alpha value is -1.28. The van der Waals surface area contributed by atoms with Crippen LogP contribution in [0.5, 0.6) is 0 Å². The van der Waals surface area contributed by atoms with Gasteiger partial charge in [0, 0.05) is 37.6 Å². The number of piperazine rings is 1. The lowest BCUT2D eigenvalue weighted by Crippen LogP contribution is -2.48. The van der Waals surface area contributed by atoms with Crippen LogP contribution in [0.4, 0.5) is 4.39 Å². The van der Waals surface area contributed by atoms with Gasteiger partial charge in [0.05, 0.1) is 4.90 Å². The molecule has 0 N–H and O–H groups in total. The maximum Gasteiger partial charge on any atom is 0.243 e. The maximum absolute atomic E-state index is 13.2. The molecule has 1 aromatic heterocycles. The van der Waals surface area contributed by atoms with E-state index in [0.29, 0.717) is 26.2 Å². The van der Waals surface area contributed by atoms with Gasteiger partial charge in [-0.3, -0.25) is 4.90 Å². The minimum absolute atomic E-state index is 0.0270. The number of sulfonamides is 1. The molecule has 22 heavy (non-hydrogen) atoms. The summed E-state index contributed by atoms with van der Waals surface area (Å²) in [6, 6.07) is 9.29. The zero-order chi connectivity index (χ0) is 15.6. The van der Waals surface area contributed by atoms with Crippen LogP contribution in [0.3, 0.4) is 0 Å². The Morgan fingerprint density at radius 1 is 1.09 bits per heavy atom. The van der Waals surface area contributed by atoms with Crippen LogP contribution in [0.2, 0.25) is 0 Å². The molecule has 0 aliphatic carbocycles. The predicted octanol–water partition coefficient (Wildman–Crippen LogP) is 2.39. The molecule has 1 aliphatic rings. The Morgan fingerprint density at radius 2 is 1.86 bits per heavy atom. The number of hydrogen-bond acceptors (Lipinski definition) is 4. The highest BCUT2D eigenvalue weighted by Crippen LogP contribution is 2.20. The summed E-state index contributed by atoms with van der Waals surface area (Å²) in [5.74, 6) is -0.530. The van der Waals surface area contributed by atoms with Crippen LogP contribution in [-0.4, -0.2) is 43.8 Å². The molecule has 7 heteroatoms. The molecule has 3 rings (SSSR count). The van der Waals surface area contributed by atoms with Crippen molar-refractivity contribution in [1.82, 2.24) is 9.21 Å². The summed E-state index contributed by atoms with van der Waals surface area (Å²) in [7, 11) is -3.60. The van der Waals surface area contributed by atoms with Crippen molar-refractivity contribution in [3.05, 3.63) is 52.5 Å². The van der Waals surface area contributed by atoms with Crippen molar-refractivity contribution in [1.29, 1.82) is 0 Å². The van der Waals surface area contributed by atoms with Crippen molar-refractivity contribution < 1.29 is 12.8 Å². The van der Waals surface area contributed by atoms with E-state index in [1.54, 1.807) is 11.3 Å². The van der Waals surface area contributed by atoms with Gasteiger partial charge in [0.1, 0.15) is 5.82 Å². The molecule has 4 nitrogen and oxygen atoms in total. The van der Waals surface area contributed by atoms with E-state index >= 15 is 0 Å². The normalized spacial score (nSPS) is 17.7. The van der Waals surface area contributed by atoms with Crippen molar-refractivity contribution in [2.24, 2.45) is 0 Å². The molecule has 0 radical (unpaired) electrons. The van der Waals surface area contributed by atoms with Gasteiger partial charge in [-0.15, -0.1) is 11.3 Å². The second-order valence-electron chi connectivity index (χ2n) is 5.22. The van der Waals surface area contributed by atoms with Crippen LogP contribution in [0.1, 0.15) is 4.88 Å².